The fourth-order valence-electron chi connectivity index (χ4n) is 3.96. The molecule has 2 fully saturated rings. The second kappa shape index (κ2) is 7.28. The molecule has 0 radical (unpaired) electrons. The number of carbonyl (C=O) groups is 1. The number of hydrogen-bond donors (Lipinski definition) is 2. The van der Waals surface area contributed by atoms with Crippen molar-refractivity contribution in [2.45, 2.75) is 70.8 Å². The van der Waals surface area contributed by atoms with Crippen LogP contribution in [0.2, 0.25) is 0 Å². The first-order valence-corrected chi connectivity index (χ1v) is 8.15. The van der Waals surface area contributed by atoms with Crippen molar-refractivity contribution in [2.75, 3.05) is 6.61 Å². The van der Waals surface area contributed by atoms with Crippen LogP contribution in [0.1, 0.15) is 64.7 Å². The van der Waals surface area contributed by atoms with Crippen LogP contribution >= 0.6 is 0 Å². The Morgan fingerprint density at radius 1 is 1.21 bits per heavy atom. The summed E-state index contributed by atoms with van der Waals surface area (Å²) in [5.41, 5.74) is 0. The monoisotopic (exact) mass is 267 g/mol. The number of nitrogens with one attached hydrogen (secondary N) is 1. The van der Waals surface area contributed by atoms with E-state index in [1.54, 1.807) is 0 Å². The lowest BCUT2D eigenvalue weighted by Crippen LogP contribution is -2.42. The highest BCUT2D eigenvalue weighted by molar-refractivity contribution is 5.79. The molecule has 2 saturated carbocycles. The Balaban J connectivity index is 1.82. The largest absolute Gasteiger partial charge is 0.396 e. The van der Waals surface area contributed by atoms with Gasteiger partial charge in [-0.15, -0.1) is 0 Å². The predicted molar refractivity (Wildman–Crippen MR) is 76.7 cm³/mol. The molecule has 0 aromatic carbocycles. The molecule has 0 spiro atoms. The van der Waals surface area contributed by atoms with Gasteiger partial charge in [-0.2, -0.15) is 0 Å². The molecular formula is C16H29NO2. The van der Waals surface area contributed by atoms with Gasteiger partial charge in [0.1, 0.15) is 0 Å². The van der Waals surface area contributed by atoms with Gasteiger partial charge in [-0.1, -0.05) is 32.6 Å². The maximum absolute atomic E-state index is 12.3. The summed E-state index contributed by atoms with van der Waals surface area (Å²) in [5.74, 6) is 2.17. The summed E-state index contributed by atoms with van der Waals surface area (Å²) >= 11 is 0. The zero-order chi connectivity index (χ0) is 13.7. The van der Waals surface area contributed by atoms with E-state index in [1.165, 1.54) is 32.1 Å². The minimum absolute atomic E-state index is 0.154. The highest BCUT2D eigenvalue weighted by Gasteiger charge is 2.35. The minimum atomic E-state index is 0.154. The molecule has 0 aromatic rings. The molecule has 2 N–H and O–H groups in total. The lowest BCUT2D eigenvalue weighted by Gasteiger charge is -2.39. The molecule has 0 saturated heterocycles. The van der Waals surface area contributed by atoms with Gasteiger partial charge in [-0.25, -0.2) is 0 Å². The summed E-state index contributed by atoms with van der Waals surface area (Å²) in [7, 11) is 0. The highest BCUT2D eigenvalue weighted by Crippen LogP contribution is 2.42. The van der Waals surface area contributed by atoms with Crippen molar-refractivity contribution in [3.8, 4) is 0 Å². The fraction of sp³-hybridized carbons (Fsp3) is 0.938. The Bertz CT molecular complexity index is 292. The zero-order valence-electron chi connectivity index (χ0n) is 12.2. The van der Waals surface area contributed by atoms with Crippen molar-refractivity contribution in [2.24, 2.45) is 17.8 Å². The maximum atomic E-state index is 12.3. The van der Waals surface area contributed by atoms with Gasteiger partial charge < -0.3 is 10.4 Å². The average Bonchev–Trinajstić information content (AvgIpc) is 2.46. The molecule has 3 nitrogen and oxygen atoms in total. The van der Waals surface area contributed by atoms with Crippen LogP contribution in [0.3, 0.4) is 0 Å². The molecule has 4 atom stereocenters. The van der Waals surface area contributed by atoms with Crippen LogP contribution in [-0.4, -0.2) is 23.7 Å². The fourth-order valence-corrected chi connectivity index (χ4v) is 3.96. The van der Waals surface area contributed by atoms with E-state index in [9.17, 15) is 4.79 Å². The Morgan fingerprint density at radius 3 is 2.63 bits per heavy atom. The van der Waals surface area contributed by atoms with Crippen LogP contribution < -0.4 is 5.32 Å². The SMILES string of the molecule is CCC(CCO)NC(=O)C1CCC2CCCCC2C1. The molecule has 110 valence electrons. The second-order valence-electron chi connectivity index (χ2n) is 6.44. The smallest absolute Gasteiger partial charge is 0.223 e. The summed E-state index contributed by atoms with van der Waals surface area (Å²) in [5, 5.41) is 12.1. The van der Waals surface area contributed by atoms with E-state index >= 15 is 0 Å². The second-order valence-corrected chi connectivity index (χ2v) is 6.44. The molecule has 4 unspecified atom stereocenters. The minimum Gasteiger partial charge on any atom is -0.396 e. The quantitative estimate of drug-likeness (QED) is 0.804. The molecule has 2 aliphatic carbocycles. The molecule has 0 aliphatic heterocycles. The van der Waals surface area contributed by atoms with E-state index in [1.807, 2.05) is 0 Å². The molecule has 0 bridgehead atoms. The van der Waals surface area contributed by atoms with Crippen molar-refractivity contribution in [3.63, 3.8) is 0 Å². The van der Waals surface area contributed by atoms with Crippen molar-refractivity contribution in [3.05, 3.63) is 0 Å². The van der Waals surface area contributed by atoms with Crippen LogP contribution in [0.15, 0.2) is 0 Å². The van der Waals surface area contributed by atoms with E-state index in [-0.39, 0.29) is 24.5 Å². The molecule has 1 amide bonds. The Labute approximate surface area is 117 Å². The number of aliphatic hydroxyl groups is 1. The van der Waals surface area contributed by atoms with Gasteiger partial charge in [0.15, 0.2) is 0 Å². The van der Waals surface area contributed by atoms with Gasteiger partial charge in [0, 0.05) is 18.6 Å². The summed E-state index contributed by atoms with van der Waals surface area (Å²) in [6.07, 6.45) is 10.5. The van der Waals surface area contributed by atoms with Crippen LogP contribution in [0.5, 0.6) is 0 Å². The van der Waals surface area contributed by atoms with Gasteiger partial charge in [-0.3, -0.25) is 4.79 Å². The lowest BCUT2D eigenvalue weighted by atomic mass is 9.67. The third-order valence-corrected chi connectivity index (χ3v) is 5.23. The first-order valence-electron chi connectivity index (χ1n) is 8.15. The number of carbonyl (C=O) groups excluding carboxylic acids is 1. The van der Waals surface area contributed by atoms with Crippen molar-refractivity contribution in [1.82, 2.24) is 5.32 Å². The van der Waals surface area contributed by atoms with Crippen LogP contribution in [0.25, 0.3) is 0 Å². The first-order chi connectivity index (χ1) is 9.24. The summed E-state index contributed by atoms with van der Waals surface area (Å²) < 4.78 is 0. The summed E-state index contributed by atoms with van der Waals surface area (Å²) in [6, 6.07) is 0.154. The molecule has 19 heavy (non-hydrogen) atoms. The van der Waals surface area contributed by atoms with E-state index < -0.39 is 0 Å². The van der Waals surface area contributed by atoms with Crippen molar-refractivity contribution < 1.29 is 9.90 Å². The Kier molecular flexibility index (Phi) is 5.68. The molecule has 0 heterocycles. The van der Waals surface area contributed by atoms with E-state index in [0.29, 0.717) is 6.42 Å². The normalized spacial score (nSPS) is 32.4. The van der Waals surface area contributed by atoms with Gasteiger partial charge in [0.05, 0.1) is 0 Å². The number of aliphatic hydroxyl groups excluding tert-OH is 1. The highest BCUT2D eigenvalue weighted by atomic mass is 16.3. The van der Waals surface area contributed by atoms with Crippen molar-refractivity contribution in [1.29, 1.82) is 0 Å². The van der Waals surface area contributed by atoms with Crippen LogP contribution in [-0.2, 0) is 4.79 Å². The summed E-state index contributed by atoms with van der Waals surface area (Å²) in [4.78, 5) is 12.3. The number of fused-ring (bicyclic) bond motifs is 1. The van der Waals surface area contributed by atoms with E-state index in [4.69, 9.17) is 5.11 Å². The number of amides is 1. The standard InChI is InChI=1S/C16H29NO2/c1-2-15(9-10-18)17-16(19)14-8-7-12-5-3-4-6-13(12)11-14/h12-15,18H,2-11H2,1H3,(H,17,19). The van der Waals surface area contributed by atoms with Crippen molar-refractivity contribution >= 4 is 5.91 Å². The predicted octanol–water partition coefficient (Wildman–Crippen LogP) is 2.87. The molecule has 0 aromatic heterocycles. The molecule has 3 heteroatoms. The zero-order valence-corrected chi connectivity index (χ0v) is 12.2. The van der Waals surface area contributed by atoms with Gasteiger partial charge in [0.25, 0.3) is 0 Å². The Morgan fingerprint density at radius 2 is 1.95 bits per heavy atom. The molecule has 2 rings (SSSR count). The third-order valence-electron chi connectivity index (χ3n) is 5.23. The van der Waals surface area contributed by atoms with Crippen LogP contribution in [0, 0.1) is 17.8 Å². The van der Waals surface area contributed by atoms with Gasteiger partial charge in [0.2, 0.25) is 5.91 Å². The van der Waals surface area contributed by atoms with Crippen LogP contribution in [0.4, 0.5) is 0 Å². The van der Waals surface area contributed by atoms with E-state index in [0.717, 1.165) is 31.1 Å². The first kappa shape index (κ1) is 14.8. The number of hydrogen-bond acceptors (Lipinski definition) is 2. The third kappa shape index (κ3) is 3.95. The maximum Gasteiger partial charge on any atom is 0.223 e. The topological polar surface area (TPSA) is 49.3 Å². The Hall–Kier alpha value is -0.570. The lowest BCUT2D eigenvalue weighted by molar-refractivity contribution is -0.128. The molecule has 2 aliphatic rings. The van der Waals surface area contributed by atoms with E-state index in [2.05, 4.69) is 12.2 Å². The van der Waals surface area contributed by atoms with Gasteiger partial charge >= 0.3 is 0 Å². The number of rotatable bonds is 5. The average molecular weight is 267 g/mol. The van der Waals surface area contributed by atoms with Gasteiger partial charge in [-0.05, 0) is 43.9 Å². The summed E-state index contributed by atoms with van der Waals surface area (Å²) in [6.45, 7) is 2.23. The molecular weight excluding hydrogens is 238 g/mol.